The predicted molar refractivity (Wildman–Crippen MR) is 97.4 cm³/mol. The van der Waals surface area contributed by atoms with Crippen LogP contribution in [0, 0.1) is 0 Å². The van der Waals surface area contributed by atoms with E-state index in [0.717, 1.165) is 63.1 Å². The fourth-order valence-electron chi connectivity index (χ4n) is 4.17. The summed E-state index contributed by atoms with van der Waals surface area (Å²) in [6, 6.07) is 10.8. The van der Waals surface area contributed by atoms with E-state index in [0.29, 0.717) is 5.69 Å². The molecule has 1 aromatic heterocycles. The number of aromatic amines is 1. The molecule has 0 spiro atoms. The molecular weight excluding hydrogens is 312 g/mol. The molecule has 5 nitrogen and oxygen atoms in total. The van der Waals surface area contributed by atoms with Crippen molar-refractivity contribution in [2.75, 3.05) is 19.6 Å². The molecule has 2 aliphatic rings. The number of aryl methyl sites for hydroxylation is 1. The van der Waals surface area contributed by atoms with E-state index >= 15 is 0 Å². The highest BCUT2D eigenvalue weighted by molar-refractivity contribution is 5.94. The van der Waals surface area contributed by atoms with Gasteiger partial charge in [-0.05, 0) is 38.2 Å². The van der Waals surface area contributed by atoms with E-state index in [-0.39, 0.29) is 11.9 Å². The molecule has 1 aliphatic heterocycles. The van der Waals surface area contributed by atoms with E-state index in [1.165, 1.54) is 5.56 Å². The van der Waals surface area contributed by atoms with E-state index in [1.807, 2.05) is 4.90 Å². The van der Waals surface area contributed by atoms with Gasteiger partial charge in [0, 0.05) is 43.5 Å². The highest BCUT2D eigenvalue weighted by Crippen LogP contribution is 2.25. The number of amides is 1. The summed E-state index contributed by atoms with van der Waals surface area (Å²) < 4.78 is 0. The molecule has 1 saturated heterocycles. The maximum Gasteiger partial charge on any atom is 0.274 e. The smallest absolute Gasteiger partial charge is 0.274 e. The summed E-state index contributed by atoms with van der Waals surface area (Å²) in [7, 11) is 0. The lowest BCUT2D eigenvalue weighted by atomic mass is 10.1. The summed E-state index contributed by atoms with van der Waals surface area (Å²) >= 11 is 0. The Morgan fingerprint density at radius 3 is 2.88 bits per heavy atom. The van der Waals surface area contributed by atoms with Crippen LogP contribution in [0.3, 0.4) is 0 Å². The molecule has 1 aromatic carbocycles. The van der Waals surface area contributed by atoms with Crippen LogP contribution < -0.4 is 0 Å². The number of rotatable bonds is 3. The molecule has 0 saturated carbocycles. The van der Waals surface area contributed by atoms with Crippen LogP contribution in [0.15, 0.2) is 30.3 Å². The van der Waals surface area contributed by atoms with Gasteiger partial charge in [0.15, 0.2) is 5.69 Å². The van der Waals surface area contributed by atoms with E-state index in [9.17, 15) is 4.79 Å². The van der Waals surface area contributed by atoms with Crippen LogP contribution in [0.5, 0.6) is 0 Å². The van der Waals surface area contributed by atoms with Crippen LogP contribution in [0.25, 0.3) is 0 Å². The van der Waals surface area contributed by atoms with Crippen LogP contribution in [0.1, 0.15) is 47.1 Å². The van der Waals surface area contributed by atoms with Gasteiger partial charge in [0.25, 0.3) is 5.91 Å². The normalized spacial score (nSPS) is 21.2. The SMILES string of the molecule is CC1CN(Cc2ccccc2)CCCN1C(=O)c1n[nH]c2c1CCC2. The fraction of sp³-hybridized carbons (Fsp3) is 0.500. The highest BCUT2D eigenvalue weighted by Gasteiger charge is 2.31. The molecule has 2 heterocycles. The summed E-state index contributed by atoms with van der Waals surface area (Å²) in [6.45, 7) is 5.86. The van der Waals surface area contributed by atoms with Crippen molar-refractivity contribution in [1.82, 2.24) is 20.0 Å². The quantitative estimate of drug-likeness (QED) is 0.936. The Labute approximate surface area is 149 Å². The minimum absolute atomic E-state index is 0.105. The van der Waals surface area contributed by atoms with Crippen LogP contribution >= 0.6 is 0 Å². The first kappa shape index (κ1) is 16.3. The zero-order valence-corrected chi connectivity index (χ0v) is 14.9. The van der Waals surface area contributed by atoms with E-state index in [4.69, 9.17) is 0 Å². The summed E-state index contributed by atoms with van der Waals surface area (Å²) in [6.07, 6.45) is 4.14. The Morgan fingerprint density at radius 2 is 2.04 bits per heavy atom. The minimum atomic E-state index is 0.105. The van der Waals surface area contributed by atoms with Gasteiger partial charge in [-0.1, -0.05) is 30.3 Å². The summed E-state index contributed by atoms with van der Waals surface area (Å²) in [4.78, 5) is 17.6. The van der Waals surface area contributed by atoms with Gasteiger partial charge >= 0.3 is 0 Å². The van der Waals surface area contributed by atoms with Gasteiger partial charge in [-0.25, -0.2) is 0 Å². The Balaban J connectivity index is 1.46. The maximum atomic E-state index is 13.1. The fourth-order valence-corrected chi connectivity index (χ4v) is 4.17. The van der Waals surface area contributed by atoms with Crippen molar-refractivity contribution in [1.29, 1.82) is 0 Å². The Morgan fingerprint density at radius 1 is 1.20 bits per heavy atom. The van der Waals surface area contributed by atoms with Crippen molar-refractivity contribution in [3.63, 3.8) is 0 Å². The first-order valence-electron chi connectivity index (χ1n) is 9.35. The second kappa shape index (κ2) is 7.00. The molecule has 1 N–H and O–H groups in total. The first-order chi connectivity index (χ1) is 12.2. The van der Waals surface area contributed by atoms with E-state index in [2.05, 4.69) is 52.4 Å². The Hall–Kier alpha value is -2.14. The zero-order chi connectivity index (χ0) is 17.2. The lowest BCUT2D eigenvalue weighted by molar-refractivity contribution is 0.0684. The molecule has 5 heteroatoms. The molecular formula is C20H26N4O. The van der Waals surface area contributed by atoms with Gasteiger partial charge in [0.1, 0.15) is 0 Å². The topological polar surface area (TPSA) is 52.2 Å². The molecule has 4 rings (SSSR count). The highest BCUT2D eigenvalue weighted by atomic mass is 16.2. The largest absolute Gasteiger partial charge is 0.333 e. The van der Waals surface area contributed by atoms with Crippen LogP contribution in [-0.2, 0) is 19.4 Å². The number of hydrogen-bond acceptors (Lipinski definition) is 3. The summed E-state index contributed by atoms with van der Waals surface area (Å²) in [5, 5.41) is 7.41. The van der Waals surface area contributed by atoms with Crippen LogP contribution in [0.4, 0.5) is 0 Å². The van der Waals surface area contributed by atoms with E-state index < -0.39 is 0 Å². The number of carbonyl (C=O) groups excluding carboxylic acids is 1. The monoisotopic (exact) mass is 338 g/mol. The third kappa shape index (κ3) is 3.33. The van der Waals surface area contributed by atoms with Gasteiger partial charge in [0.05, 0.1) is 0 Å². The van der Waals surface area contributed by atoms with Gasteiger partial charge in [-0.15, -0.1) is 0 Å². The third-order valence-corrected chi connectivity index (χ3v) is 5.45. The lowest BCUT2D eigenvalue weighted by Gasteiger charge is -2.28. The van der Waals surface area contributed by atoms with Crippen molar-refractivity contribution >= 4 is 5.91 Å². The number of hydrogen-bond donors (Lipinski definition) is 1. The predicted octanol–water partition coefficient (Wildman–Crippen LogP) is 2.64. The number of H-pyrrole nitrogens is 1. The molecule has 0 bridgehead atoms. The molecule has 0 radical (unpaired) electrons. The number of fused-ring (bicyclic) bond motifs is 1. The summed E-state index contributed by atoms with van der Waals surface area (Å²) in [5.74, 6) is 0.105. The standard InChI is InChI=1S/C20H26N4O/c1-15-13-23(14-16-7-3-2-4-8-16)11-6-12-24(15)20(25)19-17-9-5-10-18(17)21-22-19/h2-4,7-8,15H,5-6,9-14H2,1H3,(H,21,22). The average molecular weight is 338 g/mol. The molecule has 132 valence electrons. The number of aromatic nitrogens is 2. The third-order valence-electron chi connectivity index (χ3n) is 5.45. The molecule has 2 aromatic rings. The van der Waals surface area contributed by atoms with Crippen LogP contribution in [-0.4, -0.2) is 51.6 Å². The van der Waals surface area contributed by atoms with Crippen molar-refractivity contribution in [3.8, 4) is 0 Å². The minimum Gasteiger partial charge on any atom is -0.333 e. The number of nitrogens with zero attached hydrogens (tertiary/aromatic N) is 3. The molecule has 1 unspecified atom stereocenters. The molecule has 1 atom stereocenters. The average Bonchev–Trinajstić information content (AvgIpc) is 3.17. The van der Waals surface area contributed by atoms with Crippen molar-refractivity contribution in [2.45, 2.75) is 45.2 Å². The lowest BCUT2D eigenvalue weighted by Crippen LogP contribution is -2.42. The van der Waals surface area contributed by atoms with Crippen LogP contribution in [0.2, 0.25) is 0 Å². The first-order valence-corrected chi connectivity index (χ1v) is 9.35. The van der Waals surface area contributed by atoms with Gasteiger partial charge in [-0.3, -0.25) is 14.8 Å². The van der Waals surface area contributed by atoms with Gasteiger partial charge in [-0.2, -0.15) is 5.10 Å². The molecule has 1 fully saturated rings. The van der Waals surface area contributed by atoms with Crippen molar-refractivity contribution in [2.24, 2.45) is 0 Å². The number of benzene rings is 1. The van der Waals surface area contributed by atoms with Crippen molar-refractivity contribution in [3.05, 3.63) is 52.8 Å². The molecule has 25 heavy (non-hydrogen) atoms. The van der Waals surface area contributed by atoms with Gasteiger partial charge < -0.3 is 4.90 Å². The molecule has 1 aliphatic carbocycles. The van der Waals surface area contributed by atoms with Gasteiger partial charge in [0.2, 0.25) is 0 Å². The maximum absolute atomic E-state index is 13.1. The number of carbonyl (C=O) groups is 1. The second-order valence-corrected chi connectivity index (χ2v) is 7.30. The Kier molecular flexibility index (Phi) is 4.57. The summed E-state index contributed by atoms with van der Waals surface area (Å²) in [5.41, 5.74) is 4.31. The Bertz CT molecular complexity index is 739. The van der Waals surface area contributed by atoms with Crippen molar-refractivity contribution < 1.29 is 4.79 Å². The number of nitrogens with one attached hydrogen (secondary N) is 1. The molecule has 1 amide bonds. The van der Waals surface area contributed by atoms with E-state index in [1.54, 1.807) is 0 Å². The zero-order valence-electron chi connectivity index (χ0n) is 14.9. The second-order valence-electron chi connectivity index (χ2n) is 7.30.